The first-order valence-electron chi connectivity index (χ1n) is 14.4. The molecule has 6 rings (SSSR count). The lowest BCUT2D eigenvalue weighted by Crippen LogP contribution is -2.39. The lowest BCUT2D eigenvalue weighted by atomic mass is 9.95. The summed E-state index contributed by atoms with van der Waals surface area (Å²) >= 11 is 1.34. The van der Waals surface area contributed by atoms with E-state index in [0.717, 1.165) is 39.3 Å². The number of hydrogen-bond donors (Lipinski definition) is 0. The standard InChI is InChI=1S/C36H33N3O3S/c1-6-42-35(41)32-24(4)37-36-39(33(32)28-14-12-22(2)13-15-28)34(40)31(43-36)21-29-20-23(3)38(25(29)5)30-18-16-27(17-19-30)26-10-8-7-9-11-26/h7-21,33H,6H2,1-5H3/b31-21-/t33-/m0/s1. The second-order valence-corrected chi connectivity index (χ2v) is 11.8. The molecule has 216 valence electrons. The lowest BCUT2D eigenvalue weighted by molar-refractivity contribution is -0.139. The van der Waals surface area contributed by atoms with E-state index in [1.165, 1.54) is 16.9 Å². The quantitative estimate of drug-likeness (QED) is 0.223. The summed E-state index contributed by atoms with van der Waals surface area (Å²) in [6.07, 6.45) is 1.94. The van der Waals surface area contributed by atoms with Crippen LogP contribution in [0.2, 0.25) is 0 Å². The highest BCUT2D eigenvalue weighted by molar-refractivity contribution is 7.07. The van der Waals surface area contributed by atoms with Crippen LogP contribution in [0.15, 0.2) is 106 Å². The fourth-order valence-electron chi connectivity index (χ4n) is 5.76. The second kappa shape index (κ2) is 11.5. The number of thiazole rings is 1. The Balaban J connectivity index is 1.44. The smallest absolute Gasteiger partial charge is 0.338 e. The summed E-state index contributed by atoms with van der Waals surface area (Å²) in [5, 5.41) is 0. The minimum Gasteiger partial charge on any atom is -0.463 e. The van der Waals surface area contributed by atoms with Gasteiger partial charge in [0.25, 0.3) is 5.56 Å². The van der Waals surface area contributed by atoms with Gasteiger partial charge >= 0.3 is 5.97 Å². The maximum absolute atomic E-state index is 14.0. The average Bonchev–Trinajstić information content (AvgIpc) is 3.46. The van der Waals surface area contributed by atoms with Gasteiger partial charge in [0.15, 0.2) is 4.80 Å². The van der Waals surface area contributed by atoms with Crippen molar-refractivity contribution in [3.8, 4) is 16.8 Å². The Hall–Kier alpha value is -4.75. The van der Waals surface area contributed by atoms with Crippen LogP contribution in [0.1, 0.15) is 48.0 Å². The molecule has 1 aliphatic rings. The molecule has 0 bridgehead atoms. The summed E-state index contributed by atoms with van der Waals surface area (Å²) in [6, 6.07) is 28.2. The average molecular weight is 588 g/mol. The number of esters is 1. The summed E-state index contributed by atoms with van der Waals surface area (Å²) in [5.41, 5.74) is 9.18. The third-order valence-electron chi connectivity index (χ3n) is 7.90. The van der Waals surface area contributed by atoms with Gasteiger partial charge in [-0.1, -0.05) is 83.6 Å². The van der Waals surface area contributed by atoms with Crippen molar-refractivity contribution in [3.63, 3.8) is 0 Å². The van der Waals surface area contributed by atoms with Gasteiger partial charge in [-0.05, 0) is 81.1 Å². The first-order valence-corrected chi connectivity index (χ1v) is 15.2. The zero-order valence-corrected chi connectivity index (χ0v) is 25.7. The number of nitrogens with zero attached hydrogens (tertiary/aromatic N) is 3. The van der Waals surface area contributed by atoms with Crippen molar-refractivity contribution in [2.75, 3.05) is 6.61 Å². The van der Waals surface area contributed by atoms with Crippen LogP contribution in [0, 0.1) is 20.8 Å². The van der Waals surface area contributed by atoms with E-state index in [9.17, 15) is 9.59 Å². The van der Waals surface area contributed by atoms with Crippen LogP contribution in [0.5, 0.6) is 0 Å². The van der Waals surface area contributed by atoms with Crippen molar-refractivity contribution < 1.29 is 9.53 Å². The topological polar surface area (TPSA) is 65.6 Å². The lowest BCUT2D eigenvalue weighted by Gasteiger charge is -2.24. The van der Waals surface area contributed by atoms with Crippen molar-refractivity contribution in [1.29, 1.82) is 0 Å². The van der Waals surface area contributed by atoms with Gasteiger partial charge in [0.2, 0.25) is 0 Å². The van der Waals surface area contributed by atoms with Crippen molar-refractivity contribution in [2.45, 2.75) is 40.7 Å². The molecule has 0 saturated carbocycles. The van der Waals surface area contributed by atoms with Gasteiger partial charge in [-0.3, -0.25) is 9.36 Å². The zero-order valence-electron chi connectivity index (χ0n) is 24.9. The van der Waals surface area contributed by atoms with Crippen LogP contribution >= 0.6 is 11.3 Å². The fourth-order valence-corrected chi connectivity index (χ4v) is 6.80. The maximum atomic E-state index is 14.0. The summed E-state index contributed by atoms with van der Waals surface area (Å²) in [6.45, 7) is 9.98. The van der Waals surface area contributed by atoms with E-state index in [2.05, 4.69) is 60.9 Å². The normalized spacial score (nSPS) is 14.9. The molecule has 0 unspecified atom stereocenters. The summed E-state index contributed by atoms with van der Waals surface area (Å²) in [7, 11) is 0. The van der Waals surface area contributed by atoms with Gasteiger partial charge in [-0.15, -0.1) is 0 Å². The van der Waals surface area contributed by atoms with Crippen molar-refractivity contribution >= 4 is 23.4 Å². The third-order valence-corrected chi connectivity index (χ3v) is 8.88. The Kier molecular flexibility index (Phi) is 7.59. The molecule has 3 aromatic carbocycles. The van der Waals surface area contributed by atoms with Crippen molar-refractivity contribution in [1.82, 2.24) is 9.13 Å². The van der Waals surface area contributed by atoms with E-state index >= 15 is 0 Å². The molecule has 5 aromatic rings. The summed E-state index contributed by atoms with van der Waals surface area (Å²) in [4.78, 5) is 32.5. The highest BCUT2D eigenvalue weighted by atomic mass is 32.1. The molecule has 0 amide bonds. The molecule has 1 aliphatic heterocycles. The molecular weight excluding hydrogens is 554 g/mol. The molecule has 1 atom stereocenters. The molecule has 3 heterocycles. The van der Waals surface area contributed by atoms with E-state index in [1.54, 1.807) is 18.4 Å². The van der Waals surface area contributed by atoms with E-state index < -0.39 is 12.0 Å². The van der Waals surface area contributed by atoms with Crippen LogP contribution in [0.3, 0.4) is 0 Å². The van der Waals surface area contributed by atoms with E-state index in [-0.39, 0.29) is 12.2 Å². The number of aromatic nitrogens is 2. The van der Waals surface area contributed by atoms with Gasteiger partial charge in [0, 0.05) is 17.1 Å². The third kappa shape index (κ3) is 5.21. The van der Waals surface area contributed by atoms with Crippen LogP contribution in [-0.2, 0) is 9.53 Å². The Morgan fingerprint density at radius 2 is 1.60 bits per heavy atom. The highest BCUT2D eigenvalue weighted by Gasteiger charge is 2.33. The molecule has 0 aliphatic carbocycles. The van der Waals surface area contributed by atoms with Crippen molar-refractivity contribution in [3.05, 3.63) is 144 Å². The van der Waals surface area contributed by atoms with Gasteiger partial charge < -0.3 is 9.30 Å². The number of carbonyl (C=O) groups is 1. The monoisotopic (exact) mass is 587 g/mol. The summed E-state index contributed by atoms with van der Waals surface area (Å²) < 4.78 is 9.82. The minimum absolute atomic E-state index is 0.180. The Morgan fingerprint density at radius 3 is 2.28 bits per heavy atom. The molecule has 0 radical (unpaired) electrons. The maximum Gasteiger partial charge on any atom is 0.338 e. The first kappa shape index (κ1) is 28.4. The molecule has 7 heteroatoms. The largest absolute Gasteiger partial charge is 0.463 e. The number of aryl methyl sites for hydroxylation is 2. The van der Waals surface area contributed by atoms with Crippen LogP contribution in [-0.4, -0.2) is 21.7 Å². The number of ether oxygens (including phenoxy) is 1. The Labute approximate surface area is 254 Å². The fraction of sp³-hybridized carbons (Fsp3) is 0.194. The molecule has 6 nitrogen and oxygen atoms in total. The zero-order chi connectivity index (χ0) is 30.2. The number of carbonyl (C=O) groups excluding carboxylic acids is 1. The predicted molar refractivity (Wildman–Crippen MR) is 172 cm³/mol. The van der Waals surface area contributed by atoms with Crippen LogP contribution in [0.4, 0.5) is 0 Å². The number of hydrogen-bond acceptors (Lipinski definition) is 5. The van der Waals surface area contributed by atoms with E-state index in [4.69, 9.17) is 9.73 Å². The highest BCUT2D eigenvalue weighted by Crippen LogP contribution is 2.31. The molecule has 0 fully saturated rings. The van der Waals surface area contributed by atoms with E-state index in [0.29, 0.717) is 20.6 Å². The SMILES string of the molecule is CCOC(=O)C1=C(C)N=c2s/c(=C\c3cc(C)n(-c4ccc(-c5ccccc5)cc4)c3C)c(=O)n2[C@H]1c1ccc(C)cc1. The Bertz CT molecular complexity index is 2050. The minimum atomic E-state index is -0.617. The molecule has 43 heavy (non-hydrogen) atoms. The number of fused-ring (bicyclic) bond motifs is 1. The molecule has 2 aromatic heterocycles. The first-order chi connectivity index (χ1) is 20.8. The van der Waals surface area contributed by atoms with Crippen molar-refractivity contribution in [2.24, 2.45) is 4.99 Å². The van der Waals surface area contributed by atoms with Gasteiger partial charge in [-0.2, -0.15) is 0 Å². The van der Waals surface area contributed by atoms with Crippen LogP contribution < -0.4 is 14.9 Å². The molecule has 0 N–H and O–H groups in total. The number of rotatable bonds is 6. The Morgan fingerprint density at radius 1 is 0.930 bits per heavy atom. The number of allylic oxidation sites excluding steroid dienone is 1. The predicted octanol–water partition coefficient (Wildman–Crippen LogP) is 6.18. The van der Waals surface area contributed by atoms with Gasteiger partial charge in [0.1, 0.15) is 0 Å². The van der Waals surface area contributed by atoms with Gasteiger partial charge in [0.05, 0.1) is 28.5 Å². The van der Waals surface area contributed by atoms with Crippen LogP contribution in [0.25, 0.3) is 22.9 Å². The number of benzene rings is 3. The van der Waals surface area contributed by atoms with E-state index in [1.807, 2.05) is 55.5 Å². The van der Waals surface area contributed by atoms with Gasteiger partial charge in [-0.25, -0.2) is 9.79 Å². The molecule has 0 spiro atoms. The second-order valence-electron chi connectivity index (χ2n) is 10.8. The summed E-state index contributed by atoms with van der Waals surface area (Å²) in [5.74, 6) is -0.453. The molecular formula is C36H33N3O3S. The molecule has 0 saturated heterocycles.